The molecule has 0 aliphatic carbocycles. The van der Waals surface area contributed by atoms with E-state index >= 15 is 0 Å². The van der Waals surface area contributed by atoms with Crippen LogP contribution in [0.2, 0.25) is 0 Å². The van der Waals surface area contributed by atoms with Gasteiger partial charge >= 0.3 is 0 Å². The molecular weight excluding hydrogens is 526 g/mol. The molecule has 2 amide bonds. The normalized spacial score (nSPS) is 13.6. The maximum absolute atomic E-state index is 13.5. The van der Waals surface area contributed by atoms with Crippen LogP contribution in [0.4, 0.5) is 5.69 Å². The summed E-state index contributed by atoms with van der Waals surface area (Å²) in [5.74, 6) is 0.0811. The second kappa shape index (κ2) is 11.1. The van der Waals surface area contributed by atoms with Crippen molar-refractivity contribution >= 4 is 43.5 Å². The van der Waals surface area contributed by atoms with E-state index in [2.05, 4.69) is 21.2 Å². The van der Waals surface area contributed by atoms with Gasteiger partial charge in [-0.25, -0.2) is 8.42 Å². The molecule has 1 N–H and O–H groups in total. The number of sulfonamides is 1. The van der Waals surface area contributed by atoms with E-state index in [-0.39, 0.29) is 18.1 Å². The third-order valence-electron chi connectivity index (χ3n) is 5.25. The maximum Gasteiger partial charge on any atom is 0.244 e. The summed E-state index contributed by atoms with van der Waals surface area (Å²) in [6, 6.07) is 11.3. The van der Waals surface area contributed by atoms with Crippen LogP contribution in [-0.4, -0.2) is 63.7 Å². The molecule has 0 fully saturated rings. The number of nitrogens with one attached hydrogen (secondary N) is 1. The number of hydrogen-bond donors (Lipinski definition) is 1. The van der Waals surface area contributed by atoms with Crippen LogP contribution in [0.5, 0.6) is 11.5 Å². The minimum absolute atomic E-state index is 0.134. The molecule has 0 aromatic heterocycles. The maximum atomic E-state index is 13.5. The topological polar surface area (TPSA) is 105 Å². The summed E-state index contributed by atoms with van der Waals surface area (Å²) in [5.41, 5.74) is 1.07. The highest BCUT2D eigenvalue weighted by Gasteiger charge is 2.30. The van der Waals surface area contributed by atoms with Gasteiger partial charge in [0.05, 0.1) is 11.9 Å². The molecule has 11 heteroatoms. The summed E-state index contributed by atoms with van der Waals surface area (Å²) in [7, 11) is -3.83. The van der Waals surface area contributed by atoms with E-state index in [1.165, 1.54) is 11.0 Å². The van der Waals surface area contributed by atoms with Crippen molar-refractivity contribution in [1.29, 1.82) is 0 Å². The Bertz CT molecular complexity index is 1160. The summed E-state index contributed by atoms with van der Waals surface area (Å²) in [5, 5.41) is 2.72. The van der Waals surface area contributed by atoms with E-state index in [4.69, 9.17) is 9.47 Å². The number of hydrogen-bond acceptors (Lipinski definition) is 6. The first-order valence-electron chi connectivity index (χ1n) is 10.8. The zero-order valence-corrected chi connectivity index (χ0v) is 21.7. The van der Waals surface area contributed by atoms with Crippen LogP contribution in [0.15, 0.2) is 46.9 Å². The van der Waals surface area contributed by atoms with Crippen LogP contribution in [0, 0.1) is 0 Å². The lowest BCUT2D eigenvalue weighted by atomic mass is 10.1. The van der Waals surface area contributed by atoms with Gasteiger partial charge in [0.1, 0.15) is 25.8 Å². The number of carbonyl (C=O) groups excluding carboxylic acids is 2. The number of rotatable bonds is 9. The van der Waals surface area contributed by atoms with Crippen LogP contribution < -0.4 is 19.1 Å². The number of amides is 2. The van der Waals surface area contributed by atoms with Gasteiger partial charge in [0, 0.05) is 23.6 Å². The highest BCUT2D eigenvalue weighted by atomic mass is 79.9. The fraction of sp³-hybridized carbons (Fsp3) is 0.391. The summed E-state index contributed by atoms with van der Waals surface area (Å²) in [4.78, 5) is 27.4. The predicted molar refractivity (Wildman–Crippen MR) is 132 cm³/mol. The fourth-order valence-corrected chi connectivity index (χ4v) is 4.83. The summed E-state index contributed by atoms with van der Waals surface area (Å²) >= 11 is 3.41. The first kappa shape index (κ1) is 25.8. The summed E-state index contributed by atoms with van der Waals surface area (Å²) < 4.78 is 38.2. The second-order valence-electron chi connectivity index (χ2n) is 7.82. The summed E-state index contributed by atoms with van der Waals surface area (Å²) in [6.45, 7) is 4.23. The van der Waals surface area contributed by atoms with E-state index in [0.717, 1.165) is 20.6 Å². The Kier molecular flexibility index (Phi) is 8.42. The Morgan fingerprint density at radius 1 is 1.12 bits per heavy atom. The number of nitrogens with zero attached hydrogens (tertiary/aromatic N) is 2. The molecule has 1 aliphatic heterocycles. The van der Waals surface area contributed by atoms with E-state index < -0.39 is 28.5 Å². The van der Waals surface area contributed by atoms with Gasteiger partial charge in [-0.05, 0) is 43.7 Å². The molecule has 1 atom stereocenters. The van der Waals surface area contributed by atoms with Crippen molar-refractivity contribution in [2.75, 3.05) is 36.9 Å². The van der Waals surface area contributed by atoms with E-state index in [0.29, 0.717) is 31.3 Å². The van der Waals surface area contributed by atoms with Gasteiger partial charge in [-0.1, -0.05) is 28.1 Å². The SMILES string of the molecule is CCNC(=O)C(C)N(Cc1cccc(Br)c1)C(=O)CN(c1ccc2c(c1)OCCO2)S(C)(=O)=O. The van der Waals surface area contributed by atoms with Crippen LogP contribution >= 0.6 is 15.9 Å². The highest BCUT2D eigenvalue weighted by Crippen LogP contribution is 2.34. The van der Waals surface area contributed by atoms with Crippen LogP contribution in [0.25, 0.3) is 0 Å². The van der Waals surface area contributed by atoms with Gasteiger partial charge in [0.25, 0.3) is 0 Å². The van der Waals surface area contributed by atoms with Gasteiger partial charge in [-0.2, -0.15) is 0 Å². The first-order valence-corrected chi connectivity index (χ1v) is 13.4. The van der Waals surface area contributed by atoms with Crippen molar-refractivity contribution in [3.05, 3.63) is 52.5 Å². The van der Waals surface area contributed by atoms with Crippen LogP contribution in [-0.2, 0) is 26.2 Å². The molecule has 2 aromatic carbocycles. The smallest absolute Gasteiger partial charge is 0.244 e. The van der Waals surface area contributed by atoms with Crippen molar-refractivity contribution in [2.24, 2.45) is 0 Å². The van der Waals surface area contributed by atoms with Gasteiger partial charge < -0.3 is 19.7 Å². The standard InChI is InChI=1S/C23H28BrN3O6S/c1-4-25-23(29)16(2)26(14-17-6-5-7-18(24)12-17)22(28)15-27(34(3,30)31)19-8-9-20-21(13-19)33-11-10-32-20/h5-9,12-13,16H,4,10-11,14-15H2,1-3H3,(H,25,29). The first-order chi connectivity index (χ1) is 16.1. The monoisotopic (exact) mass is 553 g/mol. The van der Waals surface area contributed by atoms with Gasteiger partial charge in [0.15, 0.2) is 11.5 Å². The lowest BCUT2D eigenvalue weighted by Crippen LogP contribution is -2.51. The third-order valence-corrected chi connectivity index (χ3v) is 6.89. The molecule has 1 unspecified atom stereocenters. The minimum atomic E-state index is -3.83. The number of fused-ring (bicyclic) bond motifs is 1. The number of halogens is 1. The average molecular weight is 554 g/mol. The van der Waals surface area contributed by atoms with Crippen LogP contribution in [0.3, 0.4) is 0 Å². The highest BCUT2D eigenvalue weighted by molar-refractivity contribution is 9.10. The third kappa shape index (κ3) is 6.41. The lowest BCUT2D eigenvalue weighted by Gasteiger charge is -2.31. The largest absolute Gasteiger partial charge is 0.486 e. The molecule has 1 heterocycles. The van der Waals surface area contributed by atoms with Crippen molar-refractivity contribution in [3.8, 4) is 11.5 Å². The zero-order valence-electron chi connectivity index (χ0n) is 19.3. The Hall–Kier alpha value is -2.79. The van der Waals surface area contributed by atoms with Gasteiger partial charge in [0.2, 0.25) is 21.8 Å². The minimum Gasteiger partial charge on any atom is -0.486 e. The average Bonchev–Trinajstić information content (AvgIpc) is 2.79. The van der Waals surface area contributed by atoms with Crippen LogP contribution in [0.1, 0.15) is 19.4 Å². The number of anilines is 1. The lowest BCUT2D eigenvalue weighted by molar-refractivity contribution is -0.139. The molecule has 0 radical (unpaired) electrons. The molecule has 0 saturated heterocycles. The summed E-state index contributed by atoms with van der Waals surface area (Å²) in [6.07, 6.45) is 1.03. The Morgan fingerprint density at radius 2 is 1.82 bits per heavy atom. The quantitative estimate of drug-likeness (QED) is 0.511. The molecule has 184 valence electrons. The van der Waals surface area contributed by atoms with E-state index in [9.17, 15) is 18.0 Å². The Labute approximate surface area is 208 Å². The van der Waals surface area contributed by atoms with E-state index in [1.807, 2.05) is 24.3 Å². The molecule has 2 aromatic rings. The van der Waals surface area contributed by atoms with Crippen molar-refractivity contribution in [1.82, 2.24) is 10.2 Å². The van der Waals surface area contributed by atoms with E-state index in [1.54, 1.807) is 26.0 Å². The number of ether oxygens (including phenoxy) is 2. The van der Waals surface area contributed by atoms with Crippen molar-refractivity contribution in [2.45, 2.75) is 26.4 Å². The molecule has 3 rings (SSSR count). The van der Waals surface area contributed by atoms with Crippen molar-refractivity contribution in [3.63, 3.8) is 0 Å². The molecule has 1 aliphatic rings. The number of benzene rings is 2. The van der Waals surface area contributed by atoms with Crippen molar-refractivity contribution < 1.29 is 27.5 Å². The van der Waals surface area contributed by atoms with Gasteiger partial charge in [-0.3, -0.25) is 13.9 Å². The molecule has 0 bridgehead atoms. The molecule has 0 spiro atoms. The molecule has 0 saturated carbocycles. The number of likely N-dealkylation sites (N-methyl/N-ethyl adjacent to an activating group) is 1. The molecular formula is C23H28BrN3O6S. The fourth-order valence-electron chi connectivity index (χ4n) is 3.54. The second-order valence-corrected chi connectivity index (χ2v) is 10.6. The molecule has 9 nitrogen and oxygen atoms in total. The Balaban J connectivity index is 1.92. The predicted octanol–water partition coefficient (Wildman–Crippen LogP) is 2.54. The number of carbonyl (C=O) groups is 2. The van der Waals surface area contributed by atoms with Gasteiger partial charge in [-0.15, -0.1) is 0 Å². The zero-order chi connectivity index (χ0) is 24.9. The molecule has 34 heavy (non-hydrogen) atoms. The Morgan fingerprint density at radius 3 is 2.47 bits per heavy atom.